The lowest BCUT2D eigenvalue weighted by Gasteiger charge is -2.14. The van der Waals surface area contributed by atoms with E-state index in [1.807, 2.05) is 18.2 Å². The van der Waals surface area contributed by atoms with E-state index in [4.69, 9.17) is 14.2 Å². The molecule has 0 spiro atoms. The number of ether oxygens (including phenoxy) is 3. The second kappa shape index (κ2) is 8.88. The molecule has 0 bridgehead atoms. The van der Waals surface area contributed by atoms with E-state index in [1.165, 1.54) is 17.5 Å². The van der Waals surface area contributed by atoms with E-state index >= 15 is 0 Å². The van der Waals surface area contributed by atoms with Crippen LogP contribution in [0.3, 0.4) is 0 Å². The van der Waals surface area contributed by atoms with Gasteiger partial charge in [0.1, 0.15) is 6.61 Å². The van der Waals surface area contributed by atoms with Gasteiger partial charge in [0.05, 0.1) is 13.2 Å². The highest BCUT2D eigenvalue weighted by Gasteiger charge is 2.14. The maximum atomic E-state index is 5.94. The highest BCUT2D eigenvalue weighted by Crippen LogP contribution is 2.29. The largest absolute Gasteiger partial charge is 0.493 e. The molecule has 3 rings (SSSR count). The first-order valence-corrected chi connectivity index (χ1v) is 8.92. The summed E-state index contributed by atoms with van der Waals surface area (Å²) in [7, 11) is 1.68. The molecule has 1 N–H and O–H groups in total. The third-order valence-electron chi connectivity index (χ3n) is 4.43. The van der Waals surface area contributed by atoms with E-state index in [-0.39, 0.29) is 0 Å². The van der Waals surface area contributed by atoms with Gasteiger partial charge in [0.2, 0.25) is 0 Å². The molecular weight excluding hydrogens is 314 g/mol. The van der Waals surface area contributed by atoms with Crippen molar-refractivity contribution in [2.24, 2.45) is 0 Å². The first-order chi connectivity index (χ1) is 12.2. The first kappa shape index (κ1) is 17.8. The van der Waals surface area contributed by atoms with Gasteiger partial charge >= 0.3 is 0 Å². The van der Waals surface area contributed by atoms with E-state index in [1.54, 1.807) is 7.11 Å². The summed E-state index contributed by atoms with van der Waals surface area (Å²) in [5.41, 5.74) is 3.57. The van der Waals surface area contributed by atoms with Gasteiger partial charge in [-0.3, -0.25) is 0 Å². The summed E-state index contributed by atoms with van der Waals surface area (Å²) in [6, 6.07) is 14.4. The number of hydrogen-bond acceptors (Lipinski definition) is 4. The maximum Gasteiger partial charge on any atom is 0.161 e. The first-order valence-electron chi connectivity index (χ1n) is 8.92. The lowest BCUT2D eigenvalue weighted by atomic mass is 10.1. The number of nitrogens with one attached hydrogen (secondary N) is 1. The summed E-state index contributed by atoms with van der Waals surface area (Å²) >= 11 is 0. The van der Waals surface area contributed by atoms with Crippen molar-refractivity contribution in [3.05, 3.63) is 59.2 Å². The van der Waals surface area contributed by atoms with E-state index in [0.29, 0.717) is 12.7 Å². The summed E-state index contributed by atoms with van der Waals surface area (Å²) in [5.74, 6) is 1.54. The summed E-state index contributed by atoms with van der Waals surface area (Å²) in [5, 5.41) is 3.46. The van der Waals surface area contributed by atoms with Crippen molar-refractivity contribution in [3.8, 4) is 11.5 Å². The van der Waals surface area contributed by atoms with Gasteiger partial charge in [0.25, 0.3) is 0 Å². The average molecular weight is 341 g/mol. The molecule has 1 aliphatic heterocycles. The quantitative estimate of drug-likeness (QED) is 0.792. The molecule has 4 nitrogen and oxygen atoms in total. The molecule has 0 radical (unpaired) electrons. The van der Waals surface area contributed by atoms with Crippen LogP contribution in [0.4, 0.5) is 0 Å². The minimum Gasteiger partial charge on any atom is -0.493 e. The smallest absolute Gasteiger partial charge is 0.161 e. The molecule has 0 amide bonds. The van der Waals surface area contributed by atoms with Gasteiger partial charge in [0, 0.05) is 19.7 Å². The standard InChI is InChI=1S/C21H27NO3/c1-16-5-3-6-18(11-16)15-25-20-9-8-17(12-21(20)23-2)13-22-14-19-7-4-10-24-19/h3,5-6,8-9,11-12,19,22H,4,7,10,13-15H2,1-2H3/t19-/m1/s1. The Bertz CT molecular complexity index is 681. The number of aryl methyl sites for hydroxylation is 1. The van der Waals surface area contributed by atoms with Crippen molar-refractivity contribution >= 4 is 0 Å². The molecule has 25 heavy (non-hydrogen) atoms. The fourth-order valence-electron chi connectivity index (χ4n) is 3.09. The highest BCUT2D eigenvalue weighted by molar-refractivity contribution is 5.43. The number of rotatable bonds is 8. The Morgan fingerprint density at radius 3 is 2.80 bits per heavy atom. The Balaban J connectivity index is 1.55. The zero-order valence-electron chi connectivity index (χ0n) is 15.1. The van der Waals surface area contributed by atoms with Gasteiger partial charge in [-0.1, -0.05) is 35.9 Å². The predicted molar refractivity (Wildman–Crippen MR) is 99.2 cm³/mol. The van der Waals surface area contributed by atoms with Crippen LogP contribution in [0.1, 0.15) is 29.5 Å². The Morgan fingerprint density at radius 1 is 1.12 bits per heavy atom. The van der Waals surface area contributed by atoms with E-state index < -0.39 is 0 Å². The summed E-state index contributed by atoms with van der Waals surface area (Å²) in [6.45, 7) is 5.21. The van der Waals surface area contributed by atoms with E-state index in [2.05, 4.69) is 36.5 Å². The minimum atomic E-state index is 0.360. The zero-order chi connectivity index (χ0) is 17.5. The van der Waals surface area contributed by atoms with Crippen molar-refractivity contribution in [2.75, 3.05) is 20.3 Å². The van der Waals surface area contributed by atoms with Crippen LogP contribution in [0.5, 0.6) is 11.5 Å². The van der Waals surface area contributed by atoms with Crippen LogP contribution in [0, 0.1) is 6.92 Å². The fourth-order valence-corrected chi connectivity index (χ4v) is 3.09. The molecule has 0 aliphatic carbocycles. The van der Waals surface area contributed by atoms with Crippen molar-refractivity contribution in [2.45, 2.75) is 39.0 Å². The number of benzene rings is 2. The molecular formula is C21H27NO3. The molecule has 1 saturated heterocycles. The van der Waals surface area contributed by atoms with Crippen LogP contribution in [0.2, 0.25) is 0 Å². The van der Waals surface area contributed by atoms with Crippen LogP contribution in [-0.2, 0) is 17.9 Å². The normalized spacial score (nSPS) is 16.8. The van der Waals surface area contributed by atoms with Crippen molar-refractivity contribution in [1.82, 2.24) is 5.32 Å². The molecule has 2 aromatic rings. The van der Waals surface area contributed by atoms with E-state index in [9.17, 15) is 0 Å². The van der Waals surface area contributed by atoms with Crippen molar-refractivity contribution in [3.63, 3.8) is 0 Å². The second-order valence-corrected chi connectivity index (χ2v) is 6.53. The molecule has 1 aliphatic rings. The summed E-state index contributed by atoms with van der Waals surface area (Å²) in [4.78, 5) is 0. The molecule has 2 aromatic carbocycles. The Morgan fingerprint density at radius 2 is 2.04 bits per heavy atom. The summed E-state index contributed by atoms with van der Waals surface area (Å²) in [6.07, 6.45) is 2.69. The Labute approximate surface area is 150 Å². The molecule has 0 aromatic heterocycles. The van der Waals surface area contributed by atoms with Crippen molar-refractivity contribution < 1.29 is 14.2 Å². The summed E-state index contributed by atoms with van der Waals surface area (Å²) < 4.78 is 17.1. The van der Waals surface area contributed by atoms with Crippen LogP contribution in [0.25, 0.3) is 0 Å². The SMILES string of the molecule is COc1cc(CNC[C@H]2CCCO2)ccc1OCc1cccc(C)c1. The molecule has 134 valence electrons. The van der Waals surface area contributed by atoms with Crippen molar-refractivity contribution in [1.29, 1.82) is 0 Å². The third kappa shape index (κ3) is 5.21. The van der Waals surface area contributed by atoms with Gasteiger partial charge in [0.15, 0.2) is 11.5 Å². The number of methoxy groups -OCH3 is 1. The molecule has 0 unspecified atom stereocenters. The van der Waals surface area contributed by atoms with E-state index in [0.717, 1.165) is 43.2 Å². The van der Waals surface area contributed by atoms with Crippen LogP contribution >= 0.6 is 0 Å². The molecule has 1 heterocycles. The van der Waals surface area contributed by atoms with Crippen LogP contribution in [-0.4, -0.2) is 26.4 Å². The van der Waals surface area contributed by atoms with Gasteiger partial charge in [-0.2, -0.15) is 0 Å². The lowest BCUT2D eigenvalue weighted by molar-refractivity contribution is 0.110. The molecule has 1 atom stereocenters. The minimum absolute atomic E-state index is 0.360. The van der Waals surface area contributed by atoms with Gasteiger partial charge in [-0.25, -0.2) is 0 Å². The van der Waals surface area contributed by atoms with Crippen LogP contribution in [0.15, 0.2) is 42.5 Å². The van der Waals surface area contributed by atoms with Gasteiger partial charge < -0.3 is 19.5 Å². The third-order valence-corrected chi connectivity index (χ3v) is 4.43. The molecule has 4 heteroatoms. The number of hydrogen-bond donors (Lipinski definition) is 1. The Kier molecular flexibility index (Phi) is 6.31. The molecule has 1 fully saturated rings. The molecule has 0 saturated carbocycles. The monoisotopic (exact) mass is 341 g/mol. The average Bonchev–Trinajstić information content (AvgIpc) is 3.14. The maximum absolute atomic E-state index is 5.94. The Hall–Kier alpha value is -2.04. The predicted octanol–water partition coefficient (Wildman–Crippen LogP) is 3.85. The second-order valence-electron chi connectivity index (χ2n) is 6.53. The lowest BCUT2D eigenvalue weighted by Crippen LogP contribution is -2.25. The fraction of sp³-hybridized carbons (Fsp3) is 0.429. The van der Waals surface area contributed by atoms with Gasteiger partial charge in [-0.05, 0) is 43.0 Å². The van der Waals surface area contributed by atoms with Crippen LogP contribution < -0.4 is 14.8 Å². The topological polar surface area (TPSA) is 39.7 Å². The van der Waals surface area contributed by atoms with Gasteiger partial charge in [-0.15, -0.1) is 0 Å². The zero-order valence-corrected chi connectivity index (χ0v) is 15.1. The highest BCUT2D eigenvalue weighted by atomic mass is 16.5.